The van der Waals surface area contributed by atoms with Crippen molar-refractivity contribution in [3.05, 3.63) is 118 Å². The Morgan fingerprint density at radius 3 is 2.41 bits per heavy atom. The van der Waals surface area contributed by atoms with Crippen LogP contribution in [0.15, 0.2) is 78.4 Å². The summed E-state index contributed by atoms with van der Waals surface area (Å²) < 4.78 is 3.57. The minimum absolute atomic E-state index is 0.0131. The van der Waals surface area contributed by atoms with Crippen LogP contribution in [0.25, 0.3) is 11.3 Å². The zero-order valence-corrected chi connectivity index (χ0v) is 42.3. The molecule has 4 amide bonds. The molecule has 1 atom stereocenters. The number of hydrogen-bond donors (Lipinski definition) is 3. The zero-order valence-electron chi connectivity index (χ0n) is 42.3. The number of pyridine rings is 1. The Morgan fingerprint density at radius 1 is 0.863 bits per heavy atom. The van der Waals surface area contributed by atoms with Gasteiger partial charge >= 0.3 is 0 Å². The van der Waals surface area contributed by atoms with Crippen LogP contribution in [0.1, 0.15) is 114 Å². The predicted octanol–water partition coefficient (Wildman–Crippen LogP) is 6.90. The molecule has 2 saturated heterocycles. The van der Waals surface area contributed by atoms with E-state index in [1.165, 1.54) is 21.9 Å². The molecule has 73 heavy (non-hydrogen) atoms. The molecule has 3 N–H and O–H groups in total. The van der Waals surface area contributed by atoms with Crippen molar-refractivity contribution in [1.82, 2.24) is 28.9 Å². The molecule has 2 aromatic carbocycles. The molecule has 0 radical (unpaired) electrons. The normalized spacial score (nSPS) is 20.3. The summed E-state index contributed by atoms with van der Waals surface area (Å²) in [6.07, 6.45) is 13.1. The number of benzene rings is 2. The van der Waals surface area contributed by atoms with Crippen molar-refractivity contribution in [2.24, 2.45) is 12.5 Å². The van der Waals surface area contributed by atoms with Gasteiger partial charge in [0.15, 0.2) is 5.82 Å². The highest BCUT2D eigenvalue weighted by atomic mass is 16.3. The van der Waals surface area contributed by atoms with E-state index in [9.17, 15) is 29.1 Å². The number of piperidine rings is 1. The number of nitrogens with one attached hydrogen (secondary N) is 2. The van der Waals surface area contributed by atoms with Gasteiger partial charge in [0, 0.05) is 106 Å². The number of aryl methyl sites for hydroxylation is 1. The average molecular weight is 988 g/mol. The van der Waals surface area contributed by atoms with Crippen LogP contribution < -0.4 is 30.9 Å². The SMILES string of the molecule is C=CC(=O)Nc1cc(Nc2nc(-c3ccnc(N4CCn5c(cc6c5CC(C)(C)C6)C4=O)c3CO)cn(C)c2=O)ccc1N1CCN(C2CCN(c3cccc4c3C(=O)N(C3CCCCC3)C4=O)CC2)C[C@@H]1C. The topological polar surface area (TPSA) is 181 Å². The van der Waals surface area contributed by atoms with Crippen LogP contribution in [0.3, 0.4) is 0 Å². The highest BCUT2D eigenvalue weighted by molar-refractivity contribution is 6.24. The molecule has 11 rings (SSSR count). The fourth-order valence-electron chi connectivity index (χ4n) is 12.7. The van der Waals surface area contributed by atoms with Crippen molar-refractivity contribution in [3.63, 3.8) is 0 Å². The van der Waals surface area contributed by atoms with E-state index in [0.717, 1.165) is 95.3 Å². The van der Waals surface area contributed by atoms with E-state index in [0.29, 0.717) is 76.5 Å². The van der Waals surface area contributed by atoms with Crippen molar-refractivity contribution >= 4 is 58.0 Å². The van der Waals surface area contributed by atoms with Gasteiger partial charge in [-0.15, -0.1) is 0 Å². The molecule has 3 fully saturated rings. The Kier molecular flexibility index (Phi) is 12.6. The number of imide groups is 1. The van der Waals surface area contributed by atoms with Crippen molar-refractivity contribution in [2.45, 2.75) is 110 Å². The van der Waals surface area contributed by atoms with Gasteiger partial charge in [0.1, 0.15) is 11.5 Å². The third kappa shape index (κ3) is 8.69. The second-order valence-electron chi connectivity index (χ2n) is 21.6. The summed E-state index contributed by atoms with van der Waals surface area (Å²) >= 11 is 0. The fourth-order valence-corrected chi connectivity index (χ4v) is 12.7. The molecule has 7 heterocycles. The first-order valence-corrected chi connectivity index (χ1v) is 26.0. The van der Waals surface area contributed by atoms with E-state index >= 15 is 0 Å². The van der Waals surface area contributed by atoms with Gasteiger partial charge in [-0.25, -0.2) is 9.97 Å². The molecule has 4 aliphatic heterocycles. The predicted molar refractivity (Wildman–Crippen MR) is 282 cm³/mol. The molecule has 17 nitrogen and oxygen atoms in total. The summed E-state index contributed by atoms with van der Waals surface area (Å²) in [5.41, 5.74) is 8.07. The molecule has 6 aliphatic rings. The Balaban J connectivity index is 0.782. The highest BCUT2D eigenvalue weighted by Crippen LogP contribution is 2.42. The second-order valence-corrected chi connectivity index (χ2v) is 21.6. The quantitative estimate of drug-likeness (QED) is 0.0922. The number of rotatable bonds is 11. The molecule has 1 saturated carbocycles. The number of nitrogens with zero attached hydrogens (tertiary/aromatic N) is 9. The largest absolute Gasteiger partial charge is 0.392 e. The van der Waals surface area contributed by atoms with Crippen LogP contribution in [0.4, 0.5) is 34.4 Å². The molecule has 0 bridgehead atoms. The third-order valence-corrected chi connectivity index (χ3v) is 16.3. The first kappa shape index (κ1) is 48.2. The summed E-state index contributed by atoms with van der Waals surface area (Å²) in [6, 6.07) is 15.5. The summed E-state index contributed by atoms with van der Waals surface area (Å²) in [5, 5.41) is 17.1. The van der Waals surface area contributed by atoms with E-state index in [1.807, 2.05) is 36.4 Å². The minimum atomic E-state index is -0.413. The van der Waals surface area contributed by atoms with Gasteiger partial charge in [0.2, 0.25) is 5.91 Å². The third-order valence-electron chi connectivity index (χ3n) is 16.3. The lowest BCUT2D eigenvalue weighted by Crippen LogP contribution is -2.57. The van der Waals surface area contributed by atoms with Crippen LogP contribution in [-0.2, 0) is 37.8 Å². The molecule has 5 aromatic rings. The summed E-state index contributed by atoms with van der Waals surface area (Å²) in [6.45, 7) is 14.9. The van der Waals surface area contributed by atoms with Crippen molar-refractivity contribution in [3.8, 4) is 11.3 Å². The molecule has 17 heteroatoms. The van der Waals surface area contributed by atoms with Gasteiger partial charge in [0.05, 0.1) is 40.5 Å². The summed E-state index contributed by atoms with van der Waals surface area (Å²) in [7, 11) is 1.63. The molecule has 0 unspecified atom stereocenters. The lowest BCUT2D eigenvalue weighted by Gasteiger charge is -2.47. The lowest BCUT2D eigenvalue weighted by molar-refractivity contribution is -0.111. The van der Waals surface area contributed by atoms with E-state index in [2.05, 4.69) is 62.2 Å². The van der Waals surface area contributed by atoms with Crippen molar-refractivity contribution < 1.29 is 24.3 Å². The van der Waals surface area contributed by atoms with E-state index in [-0.39, 0.29) is 52.5 Å². The number of anilines is 6. The maximum atomic E-state index is 14.1. The minimum Gasteiger partial charge on any atom is -0.392 e. The molecular weight excluding hydrogens is 923 g/mol. The maximum absolute atomic E-state index is 14.1. The van der Waals surface area contributed by atoms with Gasteiger partial charge in [-0.3, -0.25) is 38.7 Å². The number of carbonyl (C=O) groups is 4. The number of fused-ring (bicyclic) bond motifs is 4. The van der Waals surface area contributed by atoms with Crippen LogP contribution >= 0.6 is 0 Å². The maximum Gasteiger partial charge on any atom is 0.293 e. The van der Waals surface area contributed by atoms with E-state index < -0.39 is 6.61 Å². The Morgan fingerprint density at radius 2 is 1.66 bits per heavy atom. The second kappa shape index (κ2) is 19.1. The smallest absolute Gasteiger partial charge is 0.293 e. The van der Waals surface area contributed by atoms with Crippen LogP contribution in [0.2, 0.25) is 0 Å². The van der Waals surface area contributed by atoms with Gasteiger partial charge in [-0.1, -0.05) is 45.8 Å². The van der Waals surface area contributed by atoms with Gasteiger partial charge < -0.3 is 34.7 Å². The molecule has 3 aromatic heterocycles. The number of hydrogen-bond acceptors (Lipinski definition) is 12. The average Bonchev–Trinajstić information content (AvgIpc) is 3.99. The molecule has 0 spiro atoms. The van der Waals surface area contributed by atoms with Gasteiger partial charge in [-0.2, -0.15) is 0 Å². The van der Waals surface area contributed by atoms with Crippen molar-refractivity contribution in [1.29, 1.82) is 0 Å². The van der Waals surface area contributed by atoms with E-state index in [1.54, 1.807) is 41.4 Å². The van der Waals surface area contributed by atoms with E-state index in [4.69, 9.17) is 4.98 Å². The molecular formula is C56H65N11O6. The number of aliphatic hydroxyl groups is 1. The van der Waals surface area contributed by atoms with Gasteiger partial charge in [0.25, 0.3) is 23.3 Å². The number of carbonyl (C=O) groups excluding carboxylic acids is 4. The van der Waals surface area contributed by atoms with Crippen LogP contribution in [0, 0.1) is 5.41 Å². The van der Waals surface area contributed by atoms with Crippen LogP contribution in [0.5, 0.6) is 0 Å². The highest BCUT2D eigenvalue weighted by Gasteiger charge is 2.43. The standard InChI is InChI=1S/C56H65N11O6/c1-6-48(69)59-42-28-36(58-50-55(73)61(5)32-43(60-50)39-17-20-57-51(41(39)33-68)66-26-25-65-46(53(66)71)27-35-29-56(3,4)30-47(35)65)15-16-44(42)64-24-23-63(31-34(64)2)37-18-21-62(22-19-37)45-14-10-13-40-49(45)54(72)67(52(40)70)38-11-8-7-9-12-38/h6,10,13-17,20,27-28,32,34,37-38,68H,1,7-9,11-12,18-19,21-26,29-31,33H2,2-5H3,(H,58,60)(H,59,69)/t34-/m0/s1. The van der Waals surface area contributed by atoms with Crippen LogP contribution in [-0.4, -0.2) is 115 Å². The number of aliphatic hydroxyl groups excluding tert-OH is 1. The fraction of sp³-hybridized carbons (Fsp3) is 0.446. The molecule has 2 aliphatic carbocycles. The Labute approximate surface area is 425 Å². The number of aromatic nitrogens is 4. The first-order chi connectivity index (χ1) is 35.2. The zero-order chi connectivity index (χ0) is 50.9. The monoisotopic (exact) mass is 988 g/mol. The first-order valence-electron chi connectivity index (χ1n) is 26.0. The van der Waals surface area contributed by atoms with Crippen molar-refractivity contribution in [2.75, 3.05) is 64.6 Å². The lowest BCUT2D eigenvalue weighted by atomic mass is 9.90. The Bertz CT molecular complexity index is 3130. The number of piperazine rings is 1. The Hall–Kier alpha value is -7.11. The molecule has 380 valence electrons. The summed E-state index contributed by atoms with van der Waals surface area (Å²) in [5.74, 6) is -0.438. The summed E-state index contributed by atoms with van der Waals surface area (Å²) in [4.78, 5) is 87.9. The number of amides is 4. The van der Waals surface area contributed by atoms with Gasteiger partial charge in [-0.05, 0) is 105 Å².